The number of anilines is 3. The van der Waals surface area contributed by atoms with Crippen molar-refractivity contribution in [2.45, 2.75) is 6.42 Å². The lowest BCUT2D eigenvalue weighted by Crippen LogP contribution is -2.31. The summed E-state index contributed by atoms with van der Waals surface area (Å²) >= 11 is 0. The number of ether oxygens (including phenoxy) is 1. The van der Waals surface area contributed by atoms with Crippen molar-refractivity contribution in [3.63, 3.8) is 0 Å². The molecule has 6 rings (SSSR count). The molecule has 7 heteroatoms. The second-order valence-electron chi connectivity index (χ2n) is 10.5. The standard InChI is InChI=1S/C37H32FN3O3/c38-29-12-8-13-31(26-29)44-25-24-40-22-9-23-41(35-17-7-6-16-34(35)40)37(43)28-18-20-30(21-19-28)39-36(42)33-15-5-4-14-32(33)27-10-2-1-3-11-27/h1-8,10-21,26H,9,22-25H2,(H,39,42). The summed E-state index contributed by atoms with van der Waals surface area (Å²) in [4.78, 5) is 31.0. The number of carbonyl (C=O) groups is 2. The molecule has 0 aliphatic carbocycles. The minimum Gasteiger partial charge on any atom is -0.492 e. The number of hydrogen-bond acceptors (Lipinski definition) is 4. The fourth-order valence-electron chi connectivity index (χ4n) is 5.50. The van der Waals surface area contributed by atoms with Crippen molar-refractivity contribution in [3.8, 4) is 16.9 Å². The van der Waals surface area contributed by atoms with E-state index in [1.54, 1.807) is 36.4 Å². The minimum absolute atomic E-state index is 0.109. The van der Waals surface area contributed by atoms with Gasteiger partial charge in [0.1, 0.15) is 18.2 Å². The van der Waals surface area contributed by atoms with Gasteiger partial charge in [0.25, 0.3) is 11.8 Å². The molecule has 1 N–H and O–H groups in total. The predicted molar refractivity (Wildman–Crippen MR) is 173 cm³/mol. The van der Waals surface area contributed by atoms with Gasteiger partial charge in [0.05, 0.1) is 17.9 Å². The summed E-state index contributed by atoms with van der Waals surface area (Å²) in [5, 5.41) is 2.98. The number of fused-ring (bicyclic) bond motifs is 1. The van der Waals surface area contributed by atoms with Gasteiger partial charge in [0.2, 0.25) is 0 Å². The average Bonchev–Trinajstić information content (AvgIpc) is 3.25. The van der Waals surface area contributed by atoms with Crippen molar-refractivity contribution in [2.75, 3.05) is 41.4 Å². The fraction of sp³-hybridized carbons (Fsp3) is 0.135. The third kappa shape index (κ3) is 6.47. The molecule has 0 saturated heterocycles. The maximum absolute atomic E-state index is 13.8. The van der Waals surface area contributed by atoms with Crippen molar-refractivity contribution in [2.24, 2.45) is 0 Å². The van der Waals surface area contributed by atoms with Crippen LogP contribution in [-0.4, -0.2) is 38.1 Å². The third-order valence-electron chi connectivity index (χ3n) is 7.64. The molecule has 220 valence electrons. The Bertz CT molecular complexity index is 1760. The van der Waals surface area contributed by atoms with Crippen LogP contribution in [0.25, 0.3) is 11.1 Å². The predicted octanol–water partition coefficient (Wildman–Crippen LogP) is 7.68. The molecule has 0 unspecified atom stereocenters. The van der Waals surface area contributed by atoms with Gasteiger partial charge in [0.15, 0.2) is 0 Å². The van der Waals surface area contributed by atoms with E-state index in [1.165, 1.54) is 12.1 Å². The molecule has 0 saturated carbocycles. The lowest BCUT2D eigenvalue weighted by atomic mass is 9.99. The Morgan fingerprint density at radius 1 is 0.750 bits per heavy atom. The molecule has 5 aromatic rings. The number of hydrogen-bond donors (Lipinski definition) is 1. The monoisotopic (exact) mass is 585 g/mol. The summed E-state index contributed by atoms with van der Waals surface area (Å²) in [6.45, 7) is 2.29. The van der Waals surface area contributed by atoms with Crippen LogP contribution in [0, 0.1) is 5.82 Å². The van der Waals surface area contributed by atoms with Gasteiger partial charge in [-0.3, -0.25) is 9.59 Å². The van der Waals surface area contributed by atoms with Gasteiger partial charge in [-0.2, -0.15) is 0 Å². The van der Waals surface area contributed by atoms with Crippen LogP contribution in [0.4, 0.5) is 21.5 Å². The van der Waals surface area contributed by atoms with Gasteiger partial charge >= 0.3 is 0 Å². The zero-order valence-corrected chi connectivity index (χ0v) is 24.2. The largest absolute Gasteiger partial charge is 0.492 e. The lowest BCUT2D eigenvalue weighted by Gasteiger charge is -2.27. The number of rotatable bonds is 8. The Morgan fingerprint density at radius 3 is 2.27 bits per heavy atom. The summed E-state index contributed by atoms with van der Waals surface area (Å²) in [7, 11) is 0. The molecule has 1 aliphatic heterocycles. The van der Waals surface area contributed by atoms with Crippen molar-refractivity contribution >= 4 is 28.9 Å². The van der Waals surface area contributed by atoms with Crippen molar-refractivity contribution in [3.05, 3.63) is 144 Å². The molecule has 0 atom stereocenters. The summed E-state index contributed by atoms with van der Waals surface area (Å²) in [6.07, 6.45) is 0.773. The average molecular weight is 586 g/mol. The summed E-state index contributed by atoms with van der Waals surface area (Å²) in [5.41, 5.74) is 5.31. The van der Waals surface area contributed by atoms with E-state index in [0.717, 1.165) is 35.5 Å². The quantitative estimate of drug-likeness (QED) is 0.203. The summed E-state index contributed by atoms with van der Waals surface area (Å²) < 4.78 is 19.3. The normalized spacial score (nSPS) is 12.7. The highest BCUT2D eigenvalue weighted by molar-refractivity contribution is 6.10. The Labute approximate surface area is 256 Å². The zero-order chi connectivity index (χ0) is 30.3. The summed E-state index contributed by atoms with van der Waals surface area (Å²) in [5.74, 6) is -0.167. The van der Waals surface area contributed by atoms with Gasteiger partial charge in [-0.25, -0.2) is 4.39 Å². The van der Waals surface area contributed by atoms with Gasteiger partial charge < -0.3 is 19.9 Å². The Balaban J connectivity index is 1.14. The van der Waals surface area contributed by atoms with Crippen LogP contribution < -0.4 is 19.9 Å². The third-order valence-corrected chi connectivity index (χ3v) is 7.64. The highest BCUT2D eigenvalue weighted by Crippen LogP contribution is 2.33. The lowest BCUT2D eigenvalue weighted by molar-refractivity contribution is 0.0986. The first-order chi connectivity index (χ1) is 21.6. The molecular formula is C37H32FN3O3. The van der Waals surface area contributed by atoms with Crippen LogP contribution in [0.3, 0.4) is 0 Å². The van der Waals surface area contributed by atoms with E-state index < -0.39 is 0 Å². The van der Waals surface area contributed by atoms with Crippen molar-refractivity contribution in [1.82, 2.24) is 0 Å². The minimum atomic E-state index is -0.333. The smallest absolute Gasteiger partial charge is 0.258 e. The number of nitrogens with one attached hydrogen (secondary N) is 1. The first kappa shape index (κ1) is 28.7. The number of nitrogens with zero attached hydrogens (tertiary/aromatic N) is 2. The molecule has 1 heterocycles. The number of halogens is 1. The van der Waals surface area contributed by atoms with E-state index in [-0.39, 0.29) is 17.6 Å². The van der Waals surface area contributed by atoms with Crippen LogP contribution in [-0.2, 0) is 0 Å². The van der Waals surface area contributed by atoms with Gasteiger partial charge in [0, 0.05) is 36.0 Å². The van der Waals surface area contributed by atoms with Crippen molar-refractivity contribution in [1.29, 1.82) is 0 Å². The number of para-hydroxylation sites is 2. The second kappa shape index (κ2) is 13.3. The zero-order valence-electron chi connectivity index (χ0n) is 24.2. The molecule has 0 aromatic heterocycles. The molecule has 1 aliphatic rings. The number of amides is 2. The van der Waals surface area contributed by atoms with Crippen molar-refractivity contribution < 1.29 is 18.7 Å². The molecule has 5 aromatic carbocycles. The van der Waals surface area contributed by atoms with Gasteiger partial charge in [-0.05, 0) is 72.1 Å². The van der Waals surface area contributed by atoms with Gasteiger partial charge in [-0.15, -0.1) is 0 Å². The molecule has 0 bridgehead atoms. The molecule has 44 heavy (non-hydrogen) atoms. The van der Waals surface area contributed by atoms with Crippen LogP contribution in [0.5, 0.6) is 5.75 Å². The molecule has 2 amide bonds. The van der Waals surface area contributed by atoms with E-state index in [0.29, 0.717) is 42.3 Å². The Morgan fingerprint density at radius 2 is 1.48 bits per heavy atom. The maximum Gasteiger partial charge on any atom is 0.258 e. The van der Waals surface area contributed by atoms with Crippen LogP contribution >= 0.6 is 0 Å². The molecule has 0 spiro atoms. The van der Waals surface area contributed by atoms with Gasteiger partial charge in [-0.1, -0.05) is 66.7 Å². The first-order valence-electron chi connectivity index (χ1n) is 14.7. The molecule has 0 fully saturated rings. The fourth-order valence-corrected chi connectivity index (χ4v) is 5.50. The van der Waals surface area contributed by atoms with Crippen LogP contribution in [0.15, 0.2) is 127 Å². The maximum atomic E-state index is 13.8. The van der Waals surface area contributed by atoms with E-state index in [9.17, 15) is 14.0 Å². The molecule has 6 nitrogen and oxygen atoms in total. The Hall–Kier alpha value is -5.43. The second-order valence-corrected chi connectivity index (χ2v) is 10.5. The van der Waals surface area contributed by atoms with E-state index >= 15 is 0 Å². The highest BCUT2D eigenvalue weighted by atomic mass is 19.1. The molecular weight excluding hydrogens is 553 g/mol. The van der Waals surface area contributed by atoms with Crippen LogP contribution in [0.1, 0.15) is 27.1 Å². The number of benzene rings is 5. The topological polar surface area (TPSA) is 61.9 Å². The number of carbonyl (C=O) groups excluding carboxylic acids is 2. The van der Waals surface area contributed by atoms with E-state index in [1.807, 2.05) is 83.8 Å². The van der Waals surface area contributed by atoms with E-state index in [4.69, 9.17) is 4.74 Å². The van der Waals surface area contributed by atoms with Crippen LogP contribution in [0.2, 0.25) is 0 Å². The highest BCUT2D eigenvalue weighted by Gasteiger charge is 2.25. The SMILES string of the molecule is O=C(Nc1ccc(C(=O)N2CCCN(CCOc3cccc(F)c3)c3ccccc32)cc1)c1ccccc1-c1ccccc1. The first-order valence-corrected chi connectivity index (χ1v) is 14.7. The Kier molecular flexibility index (Phi) is 8.64. The molecule has 0 radical (unpaired) electrons. The van der Waals surface area contributed by atoms with E-state index in [2.05, 4.69) is 10.2 Å². The summed E-state index contributed by atoms with van der Waals surface area (Å²) in [6, 6.07) is 38.3.